The summed E-state index contributed by atoms with van der Waals surface area (Å²) in [6.45, 7) is 7.82. The van der Waals surface area contributed by atoms with Crippen molar-refractivity contribution in [2.45, 2.75) is 37.5 Å². The lowest BCUT2D eigenvalue weighted by molar-refractivity contribution is 0.0996. The normalized spacial score (nSPS) is 12.3. The van der Waals surface area contributed by atoms with E-state index in [2.05, 4.69) is 18.8 Å². The molecule has 0 fully saturated rings. The molecular formula is C21H22Cl2N2O2S2. The Bertz CT molecular complexity index is 1090. The molecule has 3 aromatic rings. The second kappa shape index (κ2) is 10.1. The van der Waals surface area contributed by atoms with Gasteiger partial charge in [0.1, 0.15) is 0 Å². The number of nitrogens with zero attached hydrogens (tertiary/aromatic N) is 2. The van der Waals surface area contributed by atoms with E-state index in [9.17, 15) is 4.79 Å². The highest BCUT2D eigenvalue weighted by Crippen LogP contribution is 2.32. The van der Waals surface area contributed by atoms with Crippen LogP contribution in [0.5, 0.6) is 0 Å². The van der Waals surface area contributed by atoms with Gasteiger partial charge in [-0.3, -0.25) is 4.79 Å². The summed E-state index contributed by atoms with van der Waals surface area (Å²) in [5.41, 5.74) is 1.33. The fourth-order valence-electron chi connectivity index (χ4n) is 2.83. The van der Waals surface area contributed by atoms with Crippen molar-refractivity contribution in [2.75, 3.05) is 13.2 Å². The second-order valence-electron chi connectivity index (χ2n) is 6.55. The van der Waals surface area contributed by atoms with E-state index < -0.39 is 0 Å². The van der Waals surface area contributed by atoms with Crippen LogP contribution in [0.15, 0.2) is 46.3 Å². The molecule has 0 aliphatic carbocycles. The van der Waals surface area contributed by atoms with Gasteiger partial charge in [0.25, 0.3) is 5.91 Å². The van der Waals surface area contributed by atoms with Crippen LogP contribution in [0, 0.1) is 0 Å². The number of benzene rings is 2. The fourth-order valence-corrected chi connectivity index (χ4v) is 5.40. The van der Waals surface area contributed by atoms with Crippen molar-refractivity contribution in [1.82, 2.24) is 4.57 Å². The summed E-state index contributed by atoms with van der Waals surface area (Å²) in [5.74, 6) is -0.292. The van der Waals surface area contributed by atoms with Gasteiger partial charge < -0.3 is 9.30 Å². The molecule has 0 unspecified atom stereocenters. The van der Waals surface area contributed by atoms with Crippen LogP contribution in [0.3, 0.4) is 0 Å². The van der Waals surface area contributed by atoms with E-state index in [4.69, 9.17) is 27.9 Å². The summed E-state index contributed by atoms with van der Waals surface area (Å²) in [7, 11) is 0. The van der Waals surface area contributed by atoms with Crippen molar-refractivity contribution < 1.29 is 9.53 Å². The third-order valence-corrected chi connectivity index (χ3v) is 6.88. The highest BCUT2D eigenvalue weighted by Gasteiger charge is 2.15. The van der Waals surface area contributed by atoms with Gasteiger partial charge in [-0.05, 0) is 37.3 Å². The number of halogens is 2. The molecule has 0 spiro atoms. The standard InChI is InChI=1S/C21H22Cl2N2O2S2/c1-4-27-11-10-25-18-16(22)8-9-17(23)19(18)29-21(25)24-20(26)14-6-5-7-15(12-14)28-13(2)3/h5-9,12-13H,4,10-11H2,1-3H3. The van der Waals surface area contributed by atoms with E-state index in [0.717, 1.165) is 15.1 Å². The van der Waals surface area contributed by atoms with Crippen molar-refractivity contribution in [2.24, 2.45) is 4.99 Å². The topological polar surface area (TPSA) is 43.6 Å². The summed E-state index contributed by atoms with van der Waals surface area (Å²) >= 11 is 15.9. The largest absolute Gasteiger partial charge is 0.380 e. The van der Waals surface area contributed by atoms with E-state index in [1.54, 1.807) is 30.0 Å². The molecule has 0 atom stereocenters. The molecule has 0 N–H and O–H groups in total. The number of amides is 1. The van der Waals surface area contributed by atoms with Crippen LogP contribution in [-0.4, -0.2) is 28.9 Å². The molecule has 1 heterocycles. The predicted octanol–water partition coefficient (Wildman–Crippen LogP) is 6.29. The molecule has 0 aliphatic heterocycles. The predicted molar refractivity (Wildman–Crippen MR) is 124 cm³/mol. The molecule has 0 aliphatic rings. The molecule has 8 heteroatoms. The second-order valence-corrected chi connectivity index (χ2v) is 9.99. The number of hydrogen-bond acceptors (Lipinski definition) is 4. The molecule has 0 bridgehead atoms. The maximum Gasteiger partial charge on any atom is 0.279 e. The zero-order valence-corrected chi connectivity index (χ0v) is 19.6. The van der Waals surface area contributed by atoms with Crippen LogP contribution in [-0.2, 0) is 11.3 Å². The summed E-state index contributed by atoms with van der Waals surface area (Å²) < 4.78 is 8.22. The van der Waals surface area contributed by atoms with Crippen molar-refractivity contribution in [3.63, 3.8) is 0 Å². The third kappa shape index (κ3) is 5.44. The molecule has 0 saturated carbocycles. The molecular weight excluding hydrogens is 447 g/mol. The molecule has 1 aromatic heterocycles. The Hall–Kier alpha value is -1.31. The van der Waals surface area contributed by atoms with Crippen molar-refractivity contribution in [3.8, 4) is 0 Å². The van der Waals surface area contributed by atoms with E-state index in [1.807, 2.05) is 29.7 Å². The molecule has 4 nitrogen and oxygen atoms in total. The molecule has 2 aromatic carbocycles. The Balaban J connectivity index is 2.07. The minimum Gasteiger partial charge on any atom is -0.380 e. The quantitative estimate of drug-likeness (QED) is 0.302. The molecule has 0 saturated heterocycles. The van der Waals surface area contributed by atoms with Gasteiger partial charge in [-0.25, -0.2) is 0 Å². The lowest BCUT2D eigenvalue weighted by Gasteiger charge is -2.07. The van der Waals surface area contributed by atoms with E-state index in [-0.39, 0.29) is 5.91 Å². The SMILES string of the molecule is CCOCCn1c(=NC(=O)c2cccc(SC(C)C)c2)sc2c(Cl)ccc(Cl)c21. The molecule has 3 rings (SSSR count). The molecule has 0 radical (unpaired) electrons. The average Bonchev–Trinajstić information content (AvgIpc) is 3.04. The Kier molecular flexibility index (Phi) is 7.82. The number of carbonyl (C=O) groups is 1. The van der Waals surface area contributed by atoms with Crippen molar-refractivity contribution in [3.05, 3.63) is 56.8 Å². The van der Waals surface area contributed by atoms with E-state index in [0.29, 0.717) is 45.4 Å². The van der Waals surface area contributed by atoms with Gasteiger partial charge in [0.15, 0.2) is 4.80 Å². The lowest BCUT2D eigenvalue weighted by atomic mass is 10.2. The minimum atomic E-state index is -0.292. The third-order valence-electron chi connectivity index (χ3n) is 4.04. The van der Waals surface area contributed by atoms with Crippen LogP contribution in [0.2, 0.25) is 10.0 Å². The molecule has 1 amide bonds. The first-order valence-electron chi connectivity index (χ1n) is 9.31. The summed E-state index contributed by atoms with van der Waals surface area (Å²) in [6.07, 6.45) is 0. The first-order chi connectivity index (χ1) is 13.9. The first kappa shape index (κ1) is 22.4. The highest BCUT2D eigenvalue weighted by molar-refractivity contribution is 7.99. The number of carbonyl (C=O) groups excluding carboxylic acids is 1. The first-order valence-corrected chi connectivity index (χ1v) is 11.8. The Morgan fingerprint density at radius 1 is 1.24 bits per heavy atom. The number of fused-ring (bicyclic) bond motifs is 1. The number of aromatic nitrogens is 1. The lowest BCUT2D eigenvalue weighted by Crippen LogP contribution is -2.20. The number of hydrogen-bond donors (Lipinski definition) is 0. The molecule has 154 valence electrons. The minimum absolute atomic E-state index is 0.292. The van der Waals surface area contributed by atoms with Crippen LogP contribution >= 0.6 is 46.3 Å². The Morgan fingerprint density at radius 2 is 2.00 bits per heavy atom. The Labute approximate surface area is 188 Å². The number of thioether (sulfide) groups is 1. The van der Waals surface area contributed by atoms with E-state index >= 15 is 0 Å². The van der Waals surface area contributed by atoms with E-state index in [1.165, 1.54) is 11.3 Å². The molecule has 29 heavy (non-hydrogen) atoms. The van der Waals surface area contributed by atoms with Gasteiger partial charge in [-0.15, -0.1) is 11.8 Å². The summed E-state index contributed by atoms with van der Waals surface area (Å²) in [4.78, 5) is 18.9. The smallest absolute Gasteiger partial charge is 0.279 e. The van der Waals surface area contributed by atoms with Crippen LogP contribution < -0.4 is 4.80 Å². The van der Waals surface area contributed by atoms with Gasteiger partial charge in [-0.2, -0.15) is 4.99 Å². The Morgan fingerprint density at radius 3 is 2.72 bits per heavy atom. The number of rotatable bonds is 7. The van der Waals surface area contributed by atoms with Gasteiger partial charge in [-0.1, -0.05) is 54.5 Å². The zero-order chi connectivity index (χ0) is 21.0. The highest BCUT2D eigenvalue weighted by atomic mass is 35.5. The maximum absolute atomic E-state index is 12.9. The van der Waals surface area contributed by atoms with Crippen LogP contribution in [0.1, 0.15) is 31.1 Å². The number of ether oxygens (including phenoxy) is 1. The van der Waals surface area contributed by atoms with Crippen molar-refractivity contribution >= 4 is 62.4 Å². The van der Waals surface area contributed by atoms with Gasteiger partial charge in [0, 0.05) is 28.9 Å². The van der Waals surface area contributed by atoms with Gasteiger partial charge in [0.05, 0.1) is 26.9 Å². The van der Waals surface area contributed by atoms with Crippen molar-refractivity contribution in [1.29, 1.82) is 0 Å². The van der Waals surface area contributed by atoms with Gasteiger partial charge in [0.2, 0.25) is 0 Å². The fraction of sp³-hybridized carbons (Fsp3) is 0.333. The monoisotopic (exact) mass is 468 g/mol. The summed E-state index contributed by atoms with van der Waals surface area (Å²) in [6, 6.07) is 11.1. The maximum atomic E-state index is 12.9. The van der Waals surface area contributed by atoms with Crippen LogP contribution in [0.4, 0.5) is 0 Å². The van der Waals surface area contributed by atoms with Gasteiger partial charge >= 0.3 is 0 Å². The van der Waals surface area contributed by atoms with Crippen LogP contribution in [0.25, 0.3) is 10.2 Å². The zero-order valence-electron chi connectivity index (χ0n) is 16.4. The summed E-state index contributed by atoms with van der Waals surface area (Å²) in [5, 5.41) is 1.59. The number of thiazole rings is 1. The average molecular weight is 469 g/mol.